The van der Waals surface area contributed by atoms with Crippen LogP contribution in [-0.4, -0.2) is 19.9 Å². The number of carbonyl (C=O) groups excluding carboxylic acids is 1. The Morgan fingerprint density at radius 2 is 1.67 bits per heavy atom. The van der Waals surface area contributed by atoms with Crippen molar-refractivity contribution in [3.63, 3.8) is 0 Å². The maximum Gasteiger partial charge on any atom is 0.261 e. The number of hydrogen-bond acceptors (Lipinski definition) is 3. The number of benzene rings is 2. The van der Waals surface area contributed by atoms with Gasteiger partial charge < -0.3 is 5.32 Å². The minimum Gasteiger partial charge on any atom is -0.347 e. The number of nitrogens with one attached hydrogen (secondary N) is 2. The van der Waals surface area contributed by atoms with Crippen molar-refractivity contribution in [3.8, 4) is 0 Å². The highest BCUT2D eigenvalue weighted by Gasteiger charge is 2.18. The molecule has 0 aromatic heterocycles. The predicted octanol–water partition coefficient (Wildman–Crippen LogP) is 3.67. The first-order chi connectivity index (χ1) is 11.1. The van der Waals surface area contributed by atoms with Gasteiger partial charge in [-0.1, -0.05) is 29.8 Å². The van der Waals surface area contributed by atoms with Crippen molar-refractivity contribution in [2.75, 3.05) is 4.72 Å². The number of halogens is 1. The summed E-state index contributed by atoms with van der Waals surface area (Å²) >= 11 is 6.13. The monoisotopic (exact) mass is 366 g/mol. The molecular formula is C17H19ClN2O3S. The van der Waals surface area contributed by atoms with E-state index in [1.54, 1.807) is 18.2 Å². The van der Waals surface area contributed by atoms with Crippen LogP contribution in [0.2, 0.25) is 5.02 Å². The van der Waals surface area contributed by atoms with Crippen LogP contribution >= 0.6 is 11.6 Å². The summed E-state index contributed by atoms with van der Waals surface area (Å²) in [6.07, 6.45) is 0. The van der Waals surface area contributed by atoms with Crippen LogP contribution in [-0.2, 0) is 10.0 Å². The van der Waals surface area contributed by atoms with Crippen molar-refractivity contribution in [1.29, 1.82) is 0 Å². The maximum absolute atomic E-state index is 12.3. The van der Waals surface area contributed by atoms with Crippen molar-refractivity contribution >= 4 is 33.2 Å². The second-order valence-corrected chi connectivity index (χ2v) is 8.41. The summed E-state index contributed by atoms with van der Waals surface area (Å²) in [5.74, 6) is -0.276. The zero-order valence-electron chi connectivity index (χ0n) is 13.6. The van der Waals surface area contributed by atoms with Gasteiger partial charge in [0, 0.05) is 11.1 Å². The third kappa shape index (κ3) is 4.72. The summed E-state index contributed by atoms with van der Waals surface area (Å²) in [6.45, 7) is 5.61. The van der Waals surface area contributed by atoms with Crippen molar-refractivity contribution in [3.05, 3.63) is 59.1 Å². The molecule has 0 atom stereocenters. The molecule has 0 heterocycles. The van der Waals surface area contributed by atoms with E-state index in [-0.39, 0.29) is 27.1 Å². The molecule has 7 heteroatoms. The molecule has 0 fully saturated rings. The summed E-state index contributed by atoms with van der Waals surface area (Å²) in [5.41, 5.74) is 0.197. The zero-order chi connectivity index (χ0) is 18.0. The van der Waals surface area contributed by atoms with E-state index in [1.807, 2.05) is 20.8 Å². The van der Waals surface area contributed by atoms with E-state index in [2.05, 4.69) is 10.0 Å². The predicted molar refractivity (Wildman–Crippen MR) is 95.9 cm³/mol. The molecule has 0 bridgehead atoms. The second kappa shape index (κ2) is 6.83. The molecule has 0 saturated carbocycles. The van der Waals surface area contributed by atoms with E-state index in [0.29, 0.717) is 5.56 Å². The highest BCUT2D eigenvalue weighted by Crippen LogP contribution is 2.26. The Hall–Kier alpha value is -2.05. The van der Waals surface area contributed by atoms with Gasteiger partial charge in [-0.15, -0.1) is 0 Å². The molecule has 5 nitrogen and oxygen atoms in total. The van der Waals surface area contributed by atoms with Gasteiger partial charge in [-0.05, 0) is 51.1 Å². The molecule has 0 aliphatic rings. The molecule has 2 N–H and O–H groups in total. The van der Waals surface area contributed by atoms with E-state index in [0.717, 1.165) is 0 Å². The molecule has 2 aromatic rings. The average Bonchev–Trinajstić information content (AvgIpc) is 2.48. The quantitative estimate of drug-likeness (QED) is 0.866. The van der Waals surface area contributed by atoms with E-state index in [1.165, 1.54) is 30.3 Å². The van der Waals surface area contributed by atoms with E-state index in [9.17, 15) is 13.2 Å². The largest absolute Gasteiger partial charge is 0.347 e. The molecule has 128 valence electrons. The summed E-state index contributed by atoms with van der Waals surface area (Å²) in [4.78, 5) is 12.3. The molecule has 0 spiro atoms. The fourth-order valence-electron chi connectivity index (χ4n) is 1.96. The van der Waals surface area contributed by atoms with Crippen LogP contribution in [0.5, 0.6) is 0 Å². The van der Waals surface area contributed by atoms with Crippen LogP contribution in [0.15, 0.2) is 53.4 Å². The third-order valence-electron chi connectivity index (χ3n) is 3.02. The molecule has 0 aliphatic heterocycles. The minimum atomic E-state index is -3.73. The number of amides is 1. The molecule has 0 saturated heterocycles. The maximum atomic E-state index is 12.3. The molecular weight excluding hydrogens is 348 g/mol. The lowest BCUT2D eigenvalue weighted by molar-refractivity contribution is 0.0919. The van der Waals surface area contributed by atoms with Gasteiger partial charge >= 0.3 is 0 Å². The average molecular weight is 367 g/mol. The van der Waals surface area contributed by atoms with Crippen LogP contribution in [0.4, 0.5) is 5.69 Å². The highest BCUT2D eigenvalue weighted by molar-refractivity contribution is 7.92. The van der Waals surface area contributed by atoms with E-state index in [4.69, 9.17) is 11.6 Å². The smallest absolute Gasteiger partial charge is 0.261 e. The van der Waals surface area contributed by atoms with Crippen molar-refractivity contribution < 1.29 is 13.2 Å². The second-order valence-electron chi connectivity index (χ2n) is 6.32. The summed E-state index contributed by atoms with van der Waals surface area (Å²) in [7, 11) is -3.73. The Labute approximate surface area is 147 Å². The van der Waals surface area contributed by atoms with Gasteiger partial charge in [0.1, 0.15) is 0 Å². The summed E-state index contributed by atoms with van der Waals surface area (Å²) < 4.78 is 27.0. The molecule has 0 aliphatic carbocycles. The molecule has 2 aromatic carbocycles. The van der Waals surface area contributed by atoms with Crippen molar-refractivity contribution in [1.82, 2.24) is 5.32 Å². The van der Waals surface area contributed by atoms with Crippen LogP contribution in [0.3, 0.4) is 0 Å². The molecule has 24 heavy (non-hydrogen) atoms. The number of rotatable bonds is 4. The van der Waals surface area contributed by atoms with Crippen LogP contribution in [0.1, 0.15) is 31.1 Å². The topological polar surface area (TPSA) is 75.3 Å². The Morgan fingerprint density at radius 1 is 1.04 bits per heavy atom. The minimum absolute atomic E-state index is 0.135. The fraction of sp³-hybridized carbons (Fsp3) is 0.235. The third-order valence-corrected chi connectivity index (χ3v) is 4.71. The number of hydrogen-bond donors (Lipinski definition) is 2. The van der Waals surface area contributed by atoms with Gasteiger partial charge in [-0.3, -0.25) is 9.52 Å². The van der Waals surface area contributed by atoms with Crippen molar-refractivity contribution in [2.24, 2.45) is 0 Å². The summed E-state index contributed by atoms with van der Waals surface area (Å²) in [5, 5.41) is 2.97. The van der Waals surface area contributed by atoms with Gasteiger partial charge in [-0.2, -0.15) is 0 Å². The summed E-state index contributed by atoms with van der Waals surface area (Å²) in [6, 6.07) is 12.4. The van der Waals surface area contributed by atoms with Crippen LogP contribution < -0.4 is 10.0 Å². The van der Waals surface area contributed by atoms with Gasteiger partial charge in [-0.25, -0.2) is 8.42 Å². The Balaban J connectivity index is 2.23. The van der Waals surface area contributed by atoms with E-state index < -0.39 is 10.0 Å². The van der Waals surface area contributed by atoms with Crippen molar-refractivity contribution in [2.45, 2.75) is 31.2 Å². The number of sulfonamides is 1. The fourth-order valence-corrected chi connectivity index (χ4v) is 3.34. The normalized spacial score (nSPS) is 11.8. The molecule has 0 unspecified atom stereocenters. The molecule has 0 radical (unpaired) electrons. The SMILES string of the molecule is CC(C)(C)NC(=O)c1ccc(NS(=O)(=O)c2ccccc2)c(Cl)c1. The van der Waals surface area contributed by atoms with Gasteiger partial charge in [0.25, 0.3) is 15.9 Å². The van der Waals surface area contributed by atoms with Crippen LogP contribution in [0.25, 0.3) is 0 Å². The Morgan fingerprint density at radius 3 is 2.21 bits per heavy atom. The Bertz CT molecular complexity index is 844. The lowest BCUT2D eigenvalue weighted by Gasteiger charge is -2.20. The Kier molecular flexibility index (Phi) is 5.20. The lowest BCUT2D eigenvalue weighted by Crippen LogP contribution is -2.40. The van der Waals surface area contributed by atoms with Crippen LogP contribution in [0, 0.1) is 0 Å². The van der Waals surface area contributed by atoms with E-state index >= 15 is 0 Å². The molecule has 2 rings (SSSR count). The van der Waals surface area contributed by atoms with Gasteiger partial charge in [0.05, 0.1) is 15.6 Å². The first-order valence-corrected chi connectivity index (χ1v) is 9.14. The number of carbonyl (C=O) groups is 1. The zero-order valence-corrected chi connectivity index (χ0v) is 15.2. The van der Waals surface area contributed by atoms with Gasteiger partial charge in [0.15, 0.2) is 0 Å². The van der Waals surface area contributed by atoms with Gasteiger partial charge in [0.2, 0.25) is 0 Å². The standard InChI is InChI=1S/C17H19ClN2O3S/c1-17(2,3)19-16(21)12-9-10-15(14(18)11-12)20-24(22,23)13-7-5-4-6-8-13/h4-11,20H,1-3H3,(H,19,21). The lowest BCUT2D eigenvalue weighted by atomic mass is 10.1. The highest BCUT2D eigenvalue weighted by atomic mass is 35.5. The first kappa shape index (κ1) is 18.3. The number of anilines is 1. The molecule has 1 amide bonds. The first-order valence-electron chi connectivity index (χ1n) is 7.28.